The third-order valence-corrected chi connectivity index (χ3v) is 4.48. The van der Waals surface area contributed by atoms with Crippen LogP contribution in [0.25, 0.3) is 0 Å². The van der Waals surface area contributed by atoms with Gasteiger partial charge in [0.15, 0.2) is 0 Å². The molecule has 0 radical (unpaired) electrons. The van der Waals surface area contributed by atoms with Gasteiger partial charge < -0.3 is 10.4 Å². The van der Waals surface area contributed by atoms with E-state index in [4.69, 9.17) is 0 Å². The first kappa shape index (κ1) is 11.8. The predicted octanol–water partition coefficient (Wildman–Crippen LogP) is 3.27. The minimum atomic E-state index is 0.382. The van der Waals surface area contributed by atoms with Crippen LogP contribution in [0.1, 0.15) is 28.5 Å². The molecule has 0 saturated heterocycles. The summed E-state index contributed by atoms with van der Waals surface area (Å²) in [4.78, 5) is 1.44. The number of nitrogens with one attached hydrogen (secondary N) is 1. The van der Waals surface area contributed by atoms with Crippen LogP contribution in [0.2, 0.25) is 0 Å². The van der Waals surface area contributed by atoms with Crippen molar-refractivity contribution in [2.45, 2.75) is 25.3 Å². The fraction of sp³-hybridized carbons (Fsp3) is 0.333. The van der Waals surface area contributed by atoms with Crippen LogP contribution in [0.4, 0.5) is 0 Å². The Hall–Kier alpha value is -1.32. The summed E-state index contributed by atoms with van der Waals surface area (Å²) in [6.07, 6.45) is 3.31. The number of thiophene rings is 1. The molecule has 1 aliphatic rings. The monoisotopic (exact) mass is 259 g/mol. The molecule has 0 aliphatic heterocycles. The van der Waals surface area contributed by atoms with Gasteiger partial charge in [-0.05, 0) is 54.0 Å². The van der Waals surface area contributed by atoms with E-state index < -0.39 is 0 Å². The molecule has 2 nitrogen and oxygen atoms in total. The Kier molecular flexibility index (Phi) is 3.35. The van der Waals surface area contributed by atoms with Crippen molar-refractivity contribution >= 4 is 11.3 Å². The number of benzene rings is 1. The number of hydrogen-bond acceptors (Lipinski definition) is 3. The van der Waals surface area contributed by atoms with Crippen molar-refractivity contribution in [1.82, 2.24) is 5.32 Å². The third kappa shape index (κ3) is 2.42. The number of phenols is 1. The molecule has 0 bridgehead atoms. The number of phenolic OH excluding ortho intramolecular Hbond substituents is 1. The number of hydrogen-bond donors (Lipinski definition) is 2. The Morgan fingerprint density at radius 2 is 2.28 bits per heavy atom. The Bertz CT molecular complexity index is 521. The molecule has 94 valence electrons. The van der Waals surface area contributed by atoms with Crippen molar-refractivity contribution in [3.8, 4) is 5.75 Å². The predicted molar refractivity (Wildman–Crippen MR) is 75.2 cm³/mol. The normalized spacial score (nSPS) is 17.9. The summed E-state index contributed by atoms with van der Waals surface area (Å²) in [5.74, 6) is 0.382. The second kappa shape index (κ2) is 5.12. The second-order valence-electron chi connectivity index (χ2n) is 4.76. The summed E-state index contributed by atoms with van der Waals surface area (Å²) in [7, 11) is 0. The molecule has 18 heavy (non-hydrogen) atoms. The lowest BCUT2D eigenvalue weighted by Gasteiger charge is -2.13. The Morgan fingerprint density at radius 1 is 1.33 bits per heavy atom. The minimum Gasteiger partial charge on any atom is -0.508 e. The van der Waals surface area contributed by atoms with Gasteiger partial charge in [0, 0.05) is 17.5 Å². The van der Waals surface area contributed by atoms with Gasteiger partial charge in [-0.1, -0.05) is 12.1 Å². The first-order valence-electron chi connectivity index (χ1n) is 6.40. The average Bonchev–Trinajstić information content (AvgIpc) is 2.99. The van der Waals surface area contributed by atoms with Gasteiger partial charge >= 0.3 is 0 Å². The zero-order chi connectivity index (χ0) is 12.4. The van der Waals surface area contributed by atoms with Crippen molar-refractivity contribution in [2.75, 3.05) is 6.54 Å². The highest BCUT2D eigenvalue weighted by atomic mass is 32.1. The van der Waals surface area contributed by atoms with Gasteiger partial charge in [-0.25, -0.2) is 0 Å². The summed E-state index contributed by atoms with van der Waals surface area (Å²) in [5, 5.41) is 15.2. The summed E-state index contributed by atoms with van der Waals surface area (Å²) in [6, 6.07) is 10.5. The molecule has 2 N–H and O–H groups in total. The van der Waals surface area contributed by atoms with Gasteiger partial charge in [0.2, 0.25) is 0 Å². The third-order valence-electron chi connectivity index (χ3n) is 3.55. The highest BCUT2D eigenvalue weighted by molar-refractivity contribution is 7.09. The SMILES string of the molecule is Oc1ccc2c(c1)CCC2NCCc1cccs1. The molecule has 3 heteroatoms. The lowest BCUT2D eigenvalue weighted by atomic mass is 10.1. The summed E-state index contributed by atoms with van der Waals surface area (Å²) >= 11 is 1.82. The number of fused-ring (bicyclic) bond motifs is 1. The smallest absolute Gasteiger partial charge is 0.115 e. The summed E-state index contributed by atoms with van der Waals surface area (Å²) in [6.45, 7) is 1.02. The van der Waals surface area contributed by atoms with Gasteiger partial charge in [-0.2, -0.15) is 0 Å². The molecule has 1 unspecified atom stereocenters. The summed E-state index contributed by atoms with van der Waals surface area (Å²) < 4.78 is 0. The van der Waals surface area contributed by atoms with Crippen LogP contribution in [0.5, 0.6) is 5.75 Å². The number of rotatable bonds is 4. The molecule has 1 aromatic carbocycles. The van der Waals surface area contributed by atoms with Crippen LogP contribution >= 0.6 is 11.3 Å². The van der Waals surface area contributed by atoms with Crippen molar-refractivity contribution in [3.63, 3.8) is 0 Å². The van der Waals surface area contributed by atoms with Crippen molar-refractivity contribution in [2.24, 2.45) is 0 Å². The maximum atomic E-state index is 9.46. The molecule has 1 atom stereocenters. The van der Waals surface area contributed by atoms with Gasteiger partial charge in [0.25, 0.3) is 0 Å². The topological polar surface area (TPSA) is 32.3 Å². The summed E-state index contributed by atoms with van der Waals surface area (Å²) in [5.41, 5.74) is 2.66. The van der Waals surface area contributed by atoms with E-state index in [0.29, 0.717) is 11.8 Å². The zero-order valence-electron chi connectivity index (χ0n) is 10.2. The molecule has 2 aromatic rings. The second-order valence-corrected chi connectivity index (χ2v) is 5.79. The molecule has 3 rings (SSSR count). The van der Waals surface area contributed by atoms with E-state index in [0.717, 1.165) is 25.8 Å². The number of aromatic hydroxyl groups is 1. The molecule has 0 fully saturated rings. The van der Waals surface area contributed by atoms with Crippen LogP contribution < -0.4 is 5.32 Å². The average molecular weight is 259 g/mol. The van der Waals surface area contributed by atoms with E-state index in [1.165, 1.54) is 16.0 Å². The Morgan fingerprint density at radius 3 is 3.11 bits per heavy atom. The van der Waals surface area contributed by atoms with Gasteiger partial charge in [-0.15, -0.1) is 11.3 Å². The highest BCUT2D eigenvalue weighted by Crippen LogP contribution is 2.33. The molecular formula is C15H17NOS. The first-order chi connectivity index (χ1) is 8.83. The van der Waals surface area contributed by atoms with E-state index in [2.05, 4.69) is 28.9 Å². The quantitative estimate of drug-likeness (QED) is 0.883. The van der Waals surface area contributed by atoms with Crippen LogP contribution in [-0.4, -0.2) is 11.7 Å². The highest BCUT2D eigenvalue weighted by Gasteiger charge is 2.21. The molecule has 1 aliphatic carbocycles. The maximum absolute atomic E-state index is 9.46. The first-order valence-corrected chi connectivity index (χ1v) is 7.28. The van der Waals surface area contributed by atoms with Crippen molar-refractivity contribution < 1.29 is 5.11 Å². The Labute approximate surface area is 111 Å². The van der Waals surface area contributed by atoms with E-state index in [1.54, 1.807) is 6.07 Å². The van der Waals surface area contributed by atoms with E-state index in [9.17, 15) is 5.11 Å². The fourth-order valence-corrected chi connectivity index (χ4v) is 3.35. The lowest BCUT2D eigenvalue weighted by Crippen LogP contribution is -2.21. The number of aryl methyl sites for hydroxylation is 1. The van der Waals surface area contributed by atoms with Gasteiger partial charge in [0.05, 0.1) is 0 Å². The van der Waals surface area contributed by atoms with Crippen LogP contribution in [0, 0.1) is 0 Å². The van der Waals surface area contributed by atoms with E-state index in [-0.39, 0.29) is 0 Å². The maximum Gasteiger partial charge on any atom is 0.115 e. The van der Waals surface area contributed by atoms with E-state index in [1.807, 2.05) is 17.4 Å². The molecule has 0 saturated carbocycles. The van der Waals surface area contributed by atoms with Crippen LogP contribution in [0.15, 0.2) is 35.7 Å². The molecular weight excluding hydrogens is 242 g/mol. The zero-order valence-corrected chi connectivity index (χ0v) is 11.0. The van der Waals surface area contributed by atoms with Crippen molar-refractivity contribution in [1.29, 1.82) is 0 Å². The molecule has 1 aromatic heterocycles. The minimum absolute atomic E-state index is 0.382. The fourth-order valence-electron chi connectivity index (χ4n) is 2.64. The Balaban J connectivity index is 1.59. The van der Waals surface area contributed by atoms with Gasteiger partial charge in [-0.3, -0.25) is 0 Å². The van der Waals surface area contributed by atoms with E-state index >= 15 is 0 Å². The molecule has 1 heterocycles. The molecule has 0 spiro atoms. The standard InChI is InChI=1S/C15H17NOS/c17-12-4-5-14-11(10-12)3-6-15(14)16-8-7-13-2-1-9-18-13/h1-2,4-5,9-10,15-17H,3,6-8H2. The van der Waals surface area contributed by atoms with Crippen LogP contribution in [-0.2, 0) is 12.8 Å². The van der Waals surface area contributed by atoms with Crippen LogP contribution in [0.3, 0.4) is 0 Å². The van der Waals surface area contributed by atoms with Gasteiger partial charge in [0.1, 0.15) is 5.75 Å². The largest absolute Gasteiger partial charge is 0.508 e. The molecule has 0 amide bonds. The lowest BCUT2D eigenvalue weighted by molar-refractivity contribution is 0.474. The van der Waals surface area contributed by atoms with Crippen molar-refractivity contribution in [3.05, 3.63) is 51.7 Å².